The summed E-state index contributed by atoms with van der Waals surface area (Å²) in [4.78, 5) is 12.5. The largest absolute Gasteiger partial charge is 0.461 e. The fraction of sp³-hybridized carbons (Fsp3) is 0.263. The van der Waals surface area contributed by atoms with Gasteiger partial charge in [-0.15, -0.1) is 11.3 Å². The zero-order valence-corrected chi connectivity index (χ0v) is 17.9. The predicted octanol–water partition coefficient (Wildman–Crippen LogP) is 3.51. The highest BCUT2D eigenvalue weighted by Crippen LogP contribution is 2.31. The van der Waals surface area contributed by atoms with Crippen LogP contribution in [0.3, 0.4) is 0 Å². The molecule has 0 saturated carbocycles. The zero-order valence-electron chi connectivity index (χ0n) is 15.5. The van der Waals surface area contributed by atoms with E-state index >= 15 is 0 Å². The summed E-state index contributed by atoms with van der Waals surface area (Å²) >= 11 is 7.15. The first-order valence-electron chi connectivity index (χ1n) is 8.99. The molecule has 4 rings (SSSR count). The molecule has 29 heavy (non-hydrogen) atoms. The van der Waals surface area contributed by atoms with Crippen LogP contribution in [0.25, 0.3) is 5.69 Å². The lowest BCUT2D eigenvalue weighted by molar-refractivity contribution is 0.0517. The van der Waals surface area contributed by atoms with E-state index in [-0.39, 0.29) is 23.1 Å². The molecule has 3 aromatic rings. The molecule has 0 unspecified atom stereocenters. The third-order valence-electron chi connectivity index (χ3n) is 4.65. The number of carbonyl (C=O) groups is 1. The number of thiophene rings is 1. The number of hydrogen-bond acceptors (Lipinski definition) is 6. The van der Waals surface area contributed by atoms with Gasteiger partial charge in [-0.25, -0.2) is 17.9 Å². The van der Waals surface area contributed by atoms with Crippen LogP contribution in [-0.2, 0) is 27.7 Å². The lowest BCUT2D eigenvalue weighted by atomic mass is 10.1. The SMILES string of the molecule is CCOC(=O)c1nn(-c2ccc(Cl)cc2)c2c1CN(S(=O)(=O)c1cccs1)CC2. The Morgan fingerprint density at radius 2 is 2.03 bits per heavy atom. The van der Waals surface area contributed by atoms with Crippen LogP contribution in [0, 0.1) is 0 Å². The molecular formula is C19H18ClN3O4S2. The lowest BCUT2D eigenvalue weighted by Crippen LogP contribution is -2.36. The normalized spacial score (nSPS) is 14.6. The maximum Gasteiger partial charge on any atom is 0.359 e. The van der Waals surface area contributed by atoms with Crippen molar-refractivity contribution in [2.24, 2.45) is 0 Å². The molecule has 0 radical (unpaired) electrons. The summed E-state index contributed by atoms with van der Waals surface area (Å²) < 4.78 is 34.4. The van der Waals surface area contributed by atoms with Gasteiger partial charge in [-0.1, -0.05) is 17.7 Å². The van der Waals surface area contributed by atoms with Gasteiger partial charge < -0.3 is 4.74 Å². The summed E-state index contributed by atoms with van der Waals surface area (Å²) in [5.41, 5.74) is 2.26. The van der Waals surface area contributed by atoms with E-state index in [9.17, 15) is 13.2 Å². The maximum atomic E-state index is 13.0. The first-order valence-corrected chi connectivity index (χ1v) is 11.7. The zero-order chi connectivity index (χ0) is 20.6. The molecule has 0 saturated heterocycles. The molecule has 0 atom stereocenters. The van der Waals surface area contributed by atoms with Gasteiger partial charge in [0.05, 0.1) is 18.0 Å². The van der Waals surface area contributed by atoms with Crippen LogP contribution < -0.4 is 0 Å². The van der Waals surface area contributed by atoms with E-state index in [0.717, 1.165) is 11.4 Å². The van der Waals surface area contributed by atoms with E-state index < -0.39 is 16.0 Å². The Kier molecular flexibility index (Phi) is 5.48. The first-order chi connectivity index (χ1) is 13.9. The minimum absolute atomic E-state index is 0.0668. The molecule has 1 aliphatic heterocycles. The van der Waals surface area contributed by atoms with Crippen molar-refractivity contribution >= 4 is 38.9 Å². The molecule has 152 valence electrons. The van der Waals surface area contributed by atoms with Gasteiger partial charge in [0.15, 0.2) is 5.69 Å². The number of aromatic nitrogens is 2. The first kappa shape index (κ1) is 20.1. The Hall–Kier alpha value is -2.20. The predicted molar refractivity (Wildman–Crippen MR) is 110 cm³/mol. The highest BCUT2D eigenvalue weighted by molar-refractivity contribution is 7.91. The van der Waals surface area contributed by atoms with Crippen molar-refractivity contribution in [1.82, 2.24) is 14.1 Å². The van der Waals surface area contributed by atoms with E-state index in [1.807, 2.05) is 0 Å². The Balaban J connectivity index is 1.77. The molecule has 7 nitrogen and oxygen atoms in total. The molecule has 2 aromatic heterocycles. The highest BCUT2D eigenvalue weighted by Gasteiger charge is 2.35. The third kappa shape index (κ3) is 3.71. The molecular weight excluding hydrogens is 434 g/mol. The number of hydrogen-bond donors (Lipinski definition) is 0. The second-order valence-corrected chi connectivity index (χ2v) is 9.95. The van der Waals surface area contributed by atoms with Gasteiger partial charge in [-0.3, -0.25) is 0 Å². The van der Waals surface area contributed by atoms with Gasteiger partial charge in [0.25, 0.3) is 10.0 Å². The molecule has 10 heteroatoms. The number of rotatable bonds is 5. The van der Waals surface area contributed by atoms with Gasteiger partial charge >= 0.3 is 5.97 Å². The lowest BCUT2D eigenvalue weighted by Gasteiger charge is -2.26. The van der Waals surface area contributed by atoms with Crippen molar-refractivity contribution in [2.45, 2.75) is 24.1 Å². The van der Waals surface area contributed by atoms with Crippen LogP contribution >= 0.6 is 22.9 Å². The van der Waals surface area contributed by atoms with Crippen molar-refractivity contribution in [3.8, 4) is 5.69 Å². The molecule has 1 aliphatic rings. The van der Waals surface area contributed by atoms with Gasteiger partial charge in [0, 0.05) is 30.1 Å². The number of carbonyl (C=O) groups excluding carboxylic acids is 1. The average Bonchev–Trinajstić information content (AvgIpc) is 3.37. The highest BCUT2D eigenvalue weighted by atomic mass is 35.5. The number of fused-ring (bicyclic) bond motifs is 1. The fourth-order valence-electron chi connectivity index (χ4n) is 3.30. The summed E-state index contributed by atoms with van der Waals surface area (Å²) in [6.45, 7) is 2.29. The van der Waals surface area contributed by atoms with Crippen LogP contribution in [0.1, 0.15) is 28.7 Å². The average molecular weight is 452 g/mol. The van der Waals surface area contributed by atoms with E-state index in [2.05, 4.69) is 5.10 Å². The van der Waals surface area contributed by atoms with Crippen molar-refractivity contribution in [3.63, 3.8) is 0 Å². The Morgan fingerprint density at radius 3 is 2.69 bits per heavy atom. The summed E-state index contributed by atoms with van der Waals surface area (Å²) in [7, 11) is -3.63. The minimum atomic E-state index is -3.63. The van der Waals surface area contributed by atoms with Crippen LogP contribution in [0.2, 0.25) is 5.02 Å². The van der Waals surface area contributed by atoms with Crippen molar-refractivity contribution in [1.29, 1.82) is 0 Å². The monoisotopic (exact) mass is 451 g/mol. The fourth-order valence-corrected chi connectivity index (χ4v) is 5.98. The van der Waals surface area contributed by atoms with Crippen molar-refractivity contribution < 1.29 is 17.9 Å². The summed E-state index contributed by atoms with van der Waals surface area (Å²) in [6.07, 6.45) is 0.426. The molecule has 0 amide bonds. The summed E-state index contributed by atoms with van der Waals surface area (Å²) in [6, 6.07) is 10.4. The molecule has 1 aromatic carbocycles. The number of sulfonamides is 1. The minimum Gasteiger partial charge on any atom is -0.461 e. The van der Waals surface area contributed by atoms with E-state index in [0.29, 0.717) is 23.6 Å². The maximum absolute atomic E-state index is 13.0. The summed E-state index contributed by atoms with van der Waals surface area (Å²) in [5, 5.41) is 6.79. The number of esters is 1. The molecule has 0 spiro atoms. The Bertz CT molecular complexity index is 1140. The van der Waals surface area contributed by atoms with Gasteiger partial charge in [0.2, 0.25) is 0 Å². The summed E-state index contributed by atoms with van der Waals surface area (Å²) in [5.74, 6) is -0.563. The molecule has 0 aliphatic carbocycles. The van der Waals surface area contributed by atoms with Crippen molar-refractivity contribution in [3.05, 3.63) is 63.8 Å². The van der Waals surface area contributed by atoms with E-state index in [1.54, 1.807) is 53.4 Å². The Labute approximate surface area is 177 Å². The van der Waals surface area contributed by atoms with Crippen LogP contribution in [0.15, 0.2) is 46.0 Å². The van der Waals surface area contributed by atoms with Crippen LogP contribution in [0.5, 0.6) is 0 Å². The third-order valence-corrected chi connectivity index (χ3v) is 8.12. The van der Waals surface area contributed by atoms with Crippen LogP contribution in [0.4, 0.5) is 0 Å². The number of nitrogens with zero attached hydrogens (tertiary/aromatic N) is 3. The second kappa shape index (κ2) is 7.91. The molecule has 0 N–H and O–H groups in total. The van der Waals surface area contributed by atoms with E-state index in [4.69, 9.17) is 16.3 Å². The van der Waals surface area contributed by atoms with E-state index in [1.165, 1.54) is 15.6 Å². The topological polar surface area (TPSA) is 81.5 Å². The number of halogens is 1. The smallest absolute Gasteiger partial charge is 0.359 e. The van der Waals surface area contributed by atoms with Gasteiger partial charge in [-0.05, 0) is 42.6 Å². The Morgan fingerprint density at radius 1 is 1.28 bits per heavy atom. The second-order valence-electron chi connectivity index (χ2n) is 6.40. The standard InChI is InChI=1S/C19H18ClN3O4S2/c1-2-27-19(24)18-15-12-22(29(25,26)17-4-3-11-28-17)10-9-16(15)23(21-18)14-7-5-13(20)6-8-14/h3-8,11H,2,9-10,12H2,1H3. The van der Waals surface area contributed by atoms with Crippen LogP contribution in [-0.4, -0.2) is 41.6 Å². The molecule has 0 fully saturated rings. The molecule has 3 heterocycles. The van der Waals surface area contributed by atoms with Crippen molar-refractivity contribution in [2.75, 3.05) is 13.2 Å². The quantitative estimate of drug-likeness (QED) is 0.554. The van der Waals surface area contributed by atoms with Gasteiger partial charge in [-0.2, -0.15) is 9.40 Å². The van der Waals surface area contributed by atoms with Gasteiger partial charge in [0.1, 0.15) is 4.21 Å². The molecule has 0 bridgehead atoms. The number of benzene rings is 1. The number of ether oxygens (including phenoxy) is 1.